The molecule has 0 saturated heterocycles. The lowest BCUT2D eigenvalue weighted by atomic mass is 10.1. The number of halogens is 2. The smallest absolute Gasteiger partial charge is 0.242 e. The lowest BCUT2D eigenvalue weighted by Gasteiger charge is -2.29. The maximum atomic E-state index is 14.1. The Bertz CT molecular complexity index is 805. The zero-order valence-corrected chi connectivity index (χ0v) is 16.5. The van der Waals surface area contributed by atoms with Gasteiger partial charge >= 0.3 is 0 Å². The van der Waals surface area contributed by atoms with Crippen LogP contribution in [0.15, 0.2) is 42.5 Å². The van der Waals surface area contributed by atoms with Crippen molar-refractivity contribution >= 4 is 23.4 Å². The Kier molecular flexibility index (Phi) is 7.36. The van der Waals surface area contributed by atoms with E-state index in [1.54, 1.807) is 13.0 Å². The Balaban J connectivity index is 2.30. The Hall–Kier alpha value is -2.40. The molecule has 0 bridgehead atoms. The minimum absolute atomic E-state index is 0.140. The molecule has 0 unspecified atom stereocenters. The fourth-order valence-electron chi connectivity index (χ4n) is 2.87. The molecule has 0 spiro atoms. The van der Waals surface area contributed by atoms with Crippen molar-refractivity contribution < 1.29 is 14.0 Å². The van der Waals surface area contributed by atoms with Crippen LogP contribution in [0.2, 0.25) is 5.02 Å². The monoisotopic (exact) mass is 390 g/mol. The van der Waals surface area contributed by atoms with Crippen molar-refractivity contribution in [2.24, 2.45) is 0 Å². The molecular formula is C21H24ClFN2O2. The van der Waals surface area contributed by atoms with Crippen LogP contribution in [-0.4, -0.2) is 29.3 Å². The molecule has 2 amide bonds. The van der Waals surface area contributed by atoms with Crippen molar-refractivity contribution in [1.29, 1.82) is 0 Å². The van der Waals surface area contributed by atoms with Crippen LogP contribution in [0.1, 0.15) is 30.5 Å². The van der Waals surface area contributed by atoms with Gasteiger partial charge in [0.25, 0.3) is 0 Å². The largest absolute Gasteiger partial charge is 0.355 e. The molecule has 0 aliphatic rings. The predicted molar refractivity (Wildman–Crippen MR) is 105 cm³/mol. The van der Waals surface area contributed by atoms with Crippen LogP contribution in [0.5, 0.6) is 0 Å². The first kappa shape index (κ1) is 20.9. The molecule has 0 aromatic heterocycles. The molecule has 0 radical (unpaired) electrons. The molecule has 2 rings (SSSR count). The summed E-state index contributed by atoms with van der Waals surface area (Å²) in [4.78, 5) is 26.8. The first-order chi connectivity index (χ1) is 12.8. The van der Waals surface area contributed by atoms with Crippen LogP contribution in [0.25, 0.3) is 0 Å². The molecule has 2 aromatic rings. The van der Waals surface area contributed by atoms with Crippen molar-refractivity contribution in [3.8, 4) is 0 Å². The van der Waals surface area contributed by atoms with Crippen LogP contribution >= 0.6 is 11.6 Å². The Morgan fingerprint density at radius 3 is 2.56 bits per heavy atom. The summed E-state index contributed by atoms with van der Waals surface area (Å²) in [5, 5.41) is 2.93. The molecule has 144 valence electrons. The maximum absolute atomic E-state index is 14.1. The second-order valence-electron chi connectivity index (χ2n) is 6.46. The maximum Gasteiger partial charge on any atom is 0.242 e. The summed E-state index contributed by atoms with van der Waals surface area (Å²) < 4.78 is 14.1. The summed E-state index contributed by atoms with van der Waals surface area (Å²) in [6.07, 6.45) is -0.207. The van der Waals surface area contributed by atoms with Gasteiger partial charge in [0.05, 0.1) is 6.42 Å². The molecule has 0 aliphatic heterocycles. The van der Waals surface area contributed by atoms with E-state index in [4.69, 9.17) is 11.6 Å². The van der Waals surface area contributed by atoms with E-state index >= 15 is 0 Å². The molecule has 6 heteroatoms. The van der Waals surface area contributed by atoms with Crippen molar-refractivity contribution in [2.75, 3.05) is 6.54 Å². The normalized spacial score (nSPS) is 11.7. The van der Waals surface area contributed by atoms with Crippen LogP contribution in [0.4, 0.5) is 4.39 Å². The molecule has 0 saturated carbocycles. The average Bonchev–Trinajstić information content (AvgIpc) is 2.62. The molecule has 27 heavy (non-hydrogen) atoms. The summed E-state index contributed by atoms with van der Waals surface area (Å²) in [6, 6.07) is 11.3. The zero-order chi connectivity index (χ0) is 20.0. The van der Waals surface area contributed by atoms with Gasteiger partial charge in [-0.15, -0.1) is 0 Å². The quantitative estimate of drug-likeness (QED) is 0.779. The standard InChI is InChI=1S/C21H24ClFN2O2/c1-4-24-21(27)15(3)25(13-16-8-5-7-14(2)11-16)20(26)12-17-18(22)9-6-10-19(17)23/h5-11,15H,4,12-13H2,1-3H3,(H,24,27)/t15-/m1/s1. The van der Waals surface area contributed by atoms with Gasteiger partial charge in [-0.25, -0.2) is 4.39 Å². The Morgan fingerprint density at radius 1 is 1.22 bits per heavy atom. The summed E-state index contributed by atoms with van der Waals surface area (Å²) >= 11 is 6.06. The number of carbonyl (C=O) groups excluding carboxylic acids is 2. The lowest BCUT2D eigenvalue weighted by molar-refractivity contribution is -0.140. The van der Waals surface area contributed by atoms with Crippen LogP contribution in [0.3, 0.4) is 0 Å². The predicted octanol–water partition coefficient (Wildman–Crippen LogP) is 3.88. The third-order valence-electron chi connectivity index (χ3n) is 4.34. The lowest BCUT2D eigenvalue weighted by Crippen LogP contribution is -2.48. The number of rotatable bonds is 7. The van der Waals surface area contributed by atoms with Gasteiger partial charge in [0.2, 0.25) is 11.8 Å². The molecule has 0 fully saturated rings. The van der Waals surface area contributed by atoms with E-state index in [1.165, 1.54) is 17.0 Å². The van der Waals surface area contributed by atoms with Gasteiger partial charge in [0, 0.05) is 23.7 Å². The molecule has 1 atom stereocenters. The second-order valence-corrected chi connectivity index (χ2v) is 6.87. The van der Waals surface area contributed by atoms with Gasteiger partial charge in [-0.1, -0.05) is 47.5 Å². The fraction of sp³-hybridized carbons (Fsp3) is 0.333. The van der Waals surface area contributed by atoms with Crippen molar-refractivity contribution in [3.63, 3.8) is 0 Å². The van der Waals surface area contributed by atoms with Crippen LogP contribution in [-0.2, 0) is 22.6 Å². The Morgan fingerprint density at radius 2 is 1.93 bits per heavy atom. The van der Waals surface area contributed by atoms with E-state index in [0.717, 1.165) is 11.1 Å². The number of benzene rings is 2. The first-order valence-electron chi connectivity index (χ1n) is 8.89. The van der Waals surface area contributed by atoms with Gasteiger partial charge in [0.15, 0.2) is 0 Å². The topological polar surface area (TPSA) is 49.4 Å². The number of likely N-dealkylation sites (N-methyl/N-ethyl adjacent to an activating group) is 1. The fourth-order valence-corrected chi connectivity index (χ4v) is 3.10. The number of amides is 2. The van der Waals surface area contributed by atoms with E-state index in [9.17, 15) is 14.0 Å². The van der Waals surface area contributed by atoms with E-state index in [1.807, 2.05) is 38.1 Å². The molecule has 4 nitrogen and oxygen atoms in total. The van der Waals surface area contributed by atoms with Crippen LogP contribution < -0.4 is 5.32 Å². The van der Waals surface area contributed by atoms with Gasteiger partial charge in [-0.05, 0) is 38.5 Å². The summed E-state index contributed by atoms with van der Waals surface area (Å²) in [7, 11) is 0. The van der Waals surface area contributed by atoms with Crippen molar-refractivity contribution in [1.82, 2.24) is 10.2 Å². The second kappa shape index (κ2) is 9.51. The highest BCUT2D eigenvalue weighted by atomic mass is 35.5. The summed E-state index contributed by atoms with van der Waals surface area (Å²) in [5.41, 5.74) is 2.10. The summed E-state index contributed by atoms with van der Waals surface area (Å²) in [5.74, 6) is -1.14. The molecule has 0 aliphatic carbocycles. The number of hydrogen-bond acceptors (Lipinski definition) is 2. The first-order valence-corrected chi connectivity index (χ1v) is 9.26. The number of aryl methyl sites for hydroxylation is 1. The van der Waals surface area contributed by atoms with Crippen molar-refractivity contribution in [3.05, 3.63) is 70.0 Å². The van der Waals surface area contributed by atoms with Gasteiger partial charge in [-0.2, -0.15) is 0 Å². The van der Waals surface area contributed by atoms with E-state index < -0.39 is 11.9 Å². The third kappa shape index (κ3) is 5.54. The Labute approximate surface area is 164 Å². The molecular weight excluding hydrogens is 367 g/mol. The number of hydrogen-bond donors (Lipinski definition) is 1. The minimum Gasteiger partial charge on any atom is -0.355 e. The van der Waals surface area contributed by atoms with Gasteiger partial charge in [0.1, 0.15) is 11.9 Å². The zero-order valence-electron chi connectivity index (χ0n) is 15.8. The molecule has 0 heterocycles. The SMILES string of the molecule is CCNC(=O)[C@@H](C)N(Cc1cccc(C)c1)C(=O)Cc1c(F)cccc1Cl. The van der Waals surface area contributed by atoms with Crippen molar-refractivity contribution in [2.45, 2.75) is 39.8 Å². The average molecular weight is 391 g/mol. The molecule has 1 N–H and O–H groups in total. The number of carbonyl (C=O) groups is 2. The van der Waals surface area contributed by atoms with Crippen LogP contribution in [0, 0.1) is 12.7 Å². The van der Waals surface area contributed by atoms with Gasteiger partial charge < -0.3 is 10.2 Å². The molecule has 2 aromatic carbocycles. The number of nitrogens with zero attached hydrogens (tertiary/aromatic N) is 1. The van der Waals surface area contributed by atoms with E-state index in [-0.39, 0.29) is 35.4 Å². The highest BCUT2D eigenvalue weighted by molar-refractivity contribution is 6.31. The van der Waals surface area contributed by atoms with E-state index in [2.05, 4.69) is 5.32 Å². The third-order valence-corrected chi connectivity index (χ3v) is 4.70. The highest BCUT2D eigenvalue weighted by Crippen LogP contribution is 2.21. The van der Waals surface area contributed by atoms with E-state index in [0.29, 0.717) is 6.54 Å². The van der Waals surface area contributed by atoms with Gasteiger partial charge in [-0.3, -0.25) is 9.59 Å². The number of nitrogens with one attached hydrogen (secondary N) is 1. The summed E-state index contributed by atoms with van der Waals surface area (Å²) in [6.45, 7) is 6.17. The highest BCUT2D eigenvalue weighted by Gasteiger charge is 2.27. The minimum atomic E-state index is -0.691.